The molecule has 3 aliphatic heterocycles. The van der Waals surface area contributed by atoms with Gasteiger partial charge in [0, 0.05) is 24.2 Å². The SMILES string of the molecule is CCCC1(COc2nc3c(c(N4CCCCCC4)n2)C(=O)N(c2cc(O)cc(Cl)c2C2CC2)C3)CCCN1C. The van der Waals surface area contributed by atoms with Crippen molar-refractivity contribution in [2.75, 3.05) is 43.1 Å². The normalized spacial score (nSPS) is 23.8. The molecule has 39 heavy (non-hydrogen) atoms. The van der Waals surface area contributed by atoms with Crippen LogP contribution >= 0.6 is 11.6 Å². The Morgan fingerprint density at radius 3 is 2.54 bits per heavy atom. The largest absolute Gasteiger partial charge is 0.508 e. The number of carbonyl (C=O) groups is 1. The molecule has 3 fully saturated rings. The molecule has 1 saturated carbocycles. The number of benzene rings is 1. The van der Waals surface area contributed by atoms with Gasteiger partial charge in [-0.25, -0.2) is 0 Å². The van der Waals surface area contributed by atoms with Crippen LogP contribution in [0.2, 0.25) is 5.02 Å². The fourth-order valence-corrected chi connectivity index (χ4v) is 7.19. The average Bonchev–Trinajstić information content (AvgIpc) is 3.66. The van der Waals surface area contributed by atoms with Crippen LogP contribution in [0.15, 0.2) is 12.1 Å². The van der Waals surface area contributed by atoms with Gasteiger partial charge in [-0.2, -0.15) is 9.97 Å². The van der Waals surface area contributed by atoms with Crippen molar-refractivity contribution in [3.05, 3.63) is 34.0 Å². The van der Waals surface area contributed by atoms with Crippen LogP contribution in [0.4, 0.5) is 11.5 Å². The summed E-state index contributed by atoms with van der Waals surface area (Å²) in [4.78, 5) is 30.2. The van der Waals surface area contributed by atoms with E-state index in [0.29, 0.717) is 52.9 Å². The summed E-state index contributed by atoms with van der Waals surface area (Å²) < 4.78 is 6.41. The summed E-state index contributed by atoms with van der Waals surface area (Å²) in [7, 11) is 2.19. The molecule has 1 aromatic heterocycles. The van der Waals surface area contributed by atoms with Gasteiger partial charge in [-0.05, 0) is 76.1 Å². The number of likely N-dealkylation sites (tertiary alicyclic amines) is 1. The van der Waals surface area contributed by atoms with Gasteiger partial charge in [0.05, 0.1) is 23.5 Å². The van der Waals surface area contributed by atoms with Gasteiger partial charge in [-0.3, -0.25) is 9.69 Å². The van der Waals surface area contributed by atoms with Crippen LogP contribution in [0.1, 0.15) is 98.7 Å². The first-order valence-corrected chi connectivity index (χ1v) is 15.1. The molecule has 9 heteroatoms. The second-order valence-electron chi connectivity index (χ2n) is 11.9. The summed E-state index contributed by atoms with van der Waals surface area (Å²) in [6.45, 7) is 5.89. The maximum atomic E-state index is 14.1. The van der Waals surface area contributed by atoms with Crippen LogP contribution in [-0.2, 0) is 6.54 Å². The van der Waals surface area contributed by atoms with Crippen LogP contribution in [0.5, 0.6) is 11.8 Å². The number of nitrogens with zero attached hydrogens (tertiary/aromatic N) is 5. The molecule has 1 N–H and O–H groups in total. The lowest BCUT2D eigenvalue weighted by atomic mass is 9.92. The van der Waals surface area contributed by atoms with E-state index in [2.05, 4.69) is 23.8 Å². The van der Waals surface area contributed by atoms with E-state index in [1.165, 1.54) is 19.3 Å². The van der Waals surface area contributed by atoms with Crippen molar-refractivity contribution < 1.29 is 14.6 Å². The monoisotopic (exact) mass is 553 g/mol. The smallest absolute Gasteiger partial charge is 0.318 e. The van der Waals surface area contributed by atoms with E-state index >= 15 is 0 Å². The molecule has 4 heterocycles. The second-order valence-corrected chi connectivity index (χ2v) is 12.3. The molecule has 2 saturated heterocycles. The Bertz CT molecular complexity index is 1240. The third kappa shape index (κ3) is 5.06. The summed E-state index contributed by atoms with van der Waals surface area (Å²) in [5.74, 6) is 0.941. The van der Waals surface area contributed by atoms with Crippen LogP contribution < -0.4 is 14.5 Å². The molecule has 1 atom stereocenters. The zero-order valence-electron chi connectivity index (χ0n) is 23.2. The summed E-state index contributed by atoms with van der Waals surface area (Å²) in [6.07, 6.45) is 11.0. The molecule has 1 aromatic carbocycles. The van der Waals surface area contributed by atoms with Gasteiger partial charge < -0.3 is 19.6 Å². The van der Waals surface area contributed by atoms with Gasteiger partial charge in [0.25, 0.3) is 5.91 Å². The van der Waals surface area contributed by atoms with Crippen molar-refractivity contribution in [1.29, 1.82) is 0 Å². The fourth-order valence-electron chi connectivity index (χ4n) is 6.83. The number of ether oxygens (including phenoxy) is 1. The Labute approximate surface area is 236 Å². The number of anilines is 2. The highest BCUT2D eigenvalue weighted by molar-refractivity contribution is 6.32. The molecule has 2 aromatic rings. The maximum Gasteiger partial charge on any atom is 0.318 e. The first kappa shape index (κ1) is 26.6. The Hall–Kier alpha value is -2.58. The Morgan fingerprint density at radius 1 is 1.10 bits per heavy atom. The minimum Gasteiger partial charge on any atom is -0.508 e. The van der Waals surface area contributed by atoms with E-state index in [0.717, 1.165) is 70.1 Å². The van der Waals surface area contributed by atoms with E-state index in [1.54, 1.807) is 17.0 Å². The predicted molar refractivity (Wildman–Crippen MR) is 153 cm³/mol. The summed E-state index contributed by atoms with van der Waals surface area (Å²) >= 11 is 6.60. The number of hydrogen-bond acceptors (Lipinski definition) is 7. The zero-order chi connectivity index (χ0) is 27.1. The Balaban J connectivity index is 1.37. The van der Waals surface area contributed by atoms with Crippen molar-refractivity contribution in [2.45, 2.75) is 89.1 Å². The standard InChI is InChI=1S/C30H40ClN5O3/c1-3-11-30(12-8-13-34(30)2)19-39-29-32-23-18-36(24-17-21(37)16-22(31)25(24)20-9-10-20)28(38)26(23)27(33-29)35-14-6-4-5-7-15-35/h16-17,20,37H,3-15,18-19H2,1-2H3. The van der Waals surface area contributed by atoms with Gasteiger partial charge in [0.1, 0.15) is 23.7 Å². The van der Waals surface area contributed by atoms with Crippen LogP contribution in [-0.4, -0.2) is 64.7 Å². The minimum atomic E-state index is -0.127. The van der Waals surface area contributed by atoms with Crippen LogP contribution in [0.25, 0.3) is 0 Å². The van der Waals surface area contributed by atoms with Gasteiger partial charge in [-0.1, -0.05) is 37.8 Å². The topological polar surface area (TPSA) is 82.0 Å². The summed E-state index contributed by atoms with van der Waals surface area (Å²) in [6, 6.07) is 3.60. The average molecular weight is 554 g/mol. The first-order chi connectivity index (χ1) is 18.9. The molecule has 1 amide bonds. The van der Waals surface area contributed by atoms with E-state index in [4.69, 9.17) is 26.3 Å². The highest BCUT2D eigenvalue weighted by Gasteiger charge is 2.41. The first-order valence-electron chi connectivity index (χ1n) is 14.7. The molecule has 4 aliphatic rings. The van der Waals surface area contributed by atoms with Crippen molar-refractivity contribution in [2.24, 2.45) is 0 Å². The number of halogens is 1. The number of phenolic OH excluding ortho intramolecular Hbond substituents is 1. The summed E-state index contributed by atoms with van der Waals surface area (Å²) in [5.41, 5.74) is 2.88. The zero-order valence-corrected chi connectivity index (χ0v) is 24.0. The number of aromatic nitrogens is 2. The molecule has 0 spiro atoms. The number of aromatic hydroxyl groups is 1. The van der Waals surface area contributed by atoms with Crippen molar-refractivity contribution in [3.8, 4) is 11.8 Å². The third-order valence-corrected chi connectivity index (χ3v) is 9.43. The number of rotatable bonds is 8. The third-order valence-electron chi connectivity index (χ3n) is 9.12. The fraction of sp³-hybridized carbons (Fsp3) is 0.633. The van der Waals surface area contributed by atoms with E-state index in [-0.39, 0.29) is 17.2 Å². The Morgan fingerprint density at radius 2 is 1.87 bits per heavy atom. The number of hydrogen-bond donors (Lipinski definition) is 1. The highest BCUT2D eigenvalue weighted by atomic mass is 35.5. The van der Waals surface area contributed by atoms with E-state index in [9.17, 15) is 9.90 Å². The van der Waals surface area contributed by atoms with Crippen LogP contribution in [0.3, 0.4) is 0 Å². The van der Waals surface area contributed by atoms with Gasteiger partial charge in [0.15, 0.2) is 0 Å². The molecule has 1 unspecified atom stereocenters. The maximum absolute atomic E-state index is 14.1. The van der Waals surface area contributed by atoms with Crippen molar-refractivity contribution in [1.82, 2.24) is 14.9 Å². The Kier molecular flexibility index (Phi) is 7.35. The molecule has 6 rings (SSSR count). The molecule has 210 valence electrons. The van der Waals surface area contributed by atoms with E-state index < -0.39 is 0 Å². The number of carbonyl (C=O) groups excluding carboxylic acids is 1. The predicted octanol–water partition coefficient (Wildman–Crippen LogP) is 5.90. The van der Waals surface area contributed by atoms with Gasteiger partial charge in [0.2, 0.25) is 0 Å². The molecular formula is C30H40ClN5O3. The van der Waals surface area contributed by atoms with Gasteiger partial charge in [-0.15, -0.1) is 0 Å². The lowest BCUT2D eigenvalue weighted by molar-refractivity contribution is 0.0824. The minimum absolute atomic E-state index is 0.000767. The molecule has 0 bridgehead atoms. The van der Waals surface area contributed by atoms with Crippen molar-refractivity contribution in [3.63, 3.8) is 0 Å². The highest BCUT2D eigenvalue weighted by Crippen LogP contribution is 2.50. The van der Waals surface area contributed by atoms with E-state index in [1.807, 2.05) is 0 Å². The lowest BCUT2D eigenvalue weighted by Crippen LogP contribution is -2.46. The lowest BCUT2D eigenvalue weighted by Gasteiger charge is -2.35. The second kappa shape index (κ2) is 10.8. The van der Waals surface area contributed by atoms with Crippen molar-refractivity contribution >= 4 is 29.0 Å². The molecule has 1 aliphatic carbocycles. The molecule has 0 radical (unpaired) electrons. The molecular weight excluding hydrogens is 514 g/mol. The van der Waals surface area contributed by atoms with Crippen LogP contribution in [0, 0.1) is 0 Å². The van der Waals surface area contributed by atoms with Gasteiger partial charge >= 0.3 is 6.01 Å². The molecule has 8 nitrogen and oxygen atoms in total. The number of phenols is 1. The number of amides is 1. The number of fused-ring (bicyclic) bond motifs is 1. The summed E-state index contributed by atoms with van der Waals surface area (Å²) in [5, 5.41) is 10.9. The quantitative estimate of drug-likeness (QED) is 0.436. The number of likely N-dealkylation sites (N-methyl/N-ethyl adjacent to an activating group) is 1.